The minimum Gasteiger partial charge on any atom is -0.342 e. The number of rotatable bonds is 8. The van der Waals surface area contributed by atoms with Gasteiger partial charge < -0.3 is 18.9 Å². The van der Waals surface area contributed by atoms with Crippen LogP contribution in [0.25, 0.3) is 0 Å². The molecule has 0 saturated carbocycles. The highest BCUT2D eigenvalue weighted by Gasteiger charge is 2.42. The van der Waals surface area contributed by atoms with Gasteiger partial charge in [-0.2, -0.15) is 8.42 Å². The van der Waals surface area contributed by atoms with Crippen molar-refractivity contribution < 1.29 is 31.5 Å². The molecule has 2 heterocycles. The molecule has 6 rings (SSSR count). The van der Waals surface area contributed by atoms with E-state index in [0.717, 1.165) is 46.2 Å². The number of halogens is 1. The highest BCUT2D eigenvalue weighted by molar-refractivity contribution is 14.1. The van der Waals surface area contributed by atoms with E-state index in [1.54, 1.807) is 0 Å². The van der Waals surface area contributed by atoms with Crippen LogP contribution in [0.3, 0.4) is 0 Å². The Bertz CT molecular complexity index is 1440. The average Bonchev–Trinajstić information content (AvgIpc) is 3.09. The highest BCUT2D eigenvalue weighted by Crippen LogP contribution is 2.40. The summed E-state index contributed by atoms with van der Waals surface area (Å²) >= 11 is 2.39. The van der Waals surface area contributed by atoms with E-state index < -0.39 is 21.7 Å². The molecule has 0 unspecified atom stereocenters. The van der Waals surface area contributed by atoms with Gasteiger partial charge in [-0.15, -0.1) is 0 Å². The second-order valence-electron chi connectivity index (χ2n) is 10.8. The highest BCUT2D eigenvalue weighted by atomic mass is 127. The van der Waals surface area contributed by atoms with Crippen LogP contribution in [0.4, 0.5) is 0 Å². The van der Waals surface area contributed by atoms with E-state index in [-0.39, 0.29) is 12.5 Å². The monoisotopic (exact) mass is 728 g/mol. The second-order valence-corrected chi connectivity index (χ2v) is 13.3. The van der Waals surface area contributed by atoms with Gasteiger partial charge in [0.05, 0.1) is 39.3 Å². The van der Waals surface area contributed by atoms with E-state index >= 15 is 0 Å². The van der Waals surface area contributed by atoms with Crippen molar-refractivity contribution in [2.45, 2.75) is 11.6 Å². The second kappa shape index (κ2) is 15.1. The van der Waals surface area contributed by atoms with Gasteiger partial charge in [0.15, 0.2) is 0 Å². The van der Waals surface area contributed by atoms with Crippen LogP contribution < -0.4 is 0 Å². The van der Waals surface area contributed by atoms with E-state index in [0.29, 0.717) is 19.1 Å². The fraction of sp³-hybridized carbons (Fsp3) is 0.314. The lowest BCUT2D eigenvalue weighted by molar-refractivity contribution is -0.269. The van der Waals surface area contributed by atoms with Crippen molar-refractivity contribution >= 4 is 32.7 Å². The number of hydrogen-bond donors (Lipinski definition) is 0. The first-order chi connectivity index (χ1) is 21.3. The Morgan fingerprint density at radius 2 is 0.886 bits per heavy atom. The average molecular weight is 729 g/mol. The Balaban J connectivity index is 0.000000177. The zero-order valence-corrected chi connectivity index (χ0v) is 27.6. The lowest BCUT2D eigenvalue weighted by Crippen LogP contribution is -2.44. The zero-order chi connectivity index (χ0) is 30.9. The van der Waals surface area contributed by atoms with Crippen LogP contribution in [-0.2, 0) is 44.8 Å². The lowest BCUT2D eigenvalue weighted by Gasteiger charge is -2.40. The summed E-state index contributed by atoms with van der Waals surface area (Å²) in [5.41, 5.74) is 3.91. The number of alkyl halides is 1. The summed E-state index contributed by atoms with van der Waals surface area (Å²) in [4.78, 5) is 0. The minimum absolute atomic E-state index is 0.0541. The van der Waals surface area contributed by atoms with Gasteiger partial charge in [0.25, 0.3) is 10.1 Å². The summed E-state index contributed by atoms with van der Waals surface area (Å²) in [7, 11) is -3.47. The molecule has 0 atom stereocenters. The van der Waals surface area contributed by atoms with E-state index in [9.17, 15) is 8.42 Å². The number of benzene rings is 4. The van der Waals surface area contributed by atoms with E-state index in [1.807, 2.05) is 97.1 Å². The molecule has 4 aromatic carbocycles. The van der Waals surface area contributed by atoms with Crippen LogP contribution >= 0.6 is 22.6 Å². The van der Waals surface area contributed by atoms with Gasteiger partial charge in [-0.1, -0.05) is 144 Å². The van der Waals surface area contributed by atoms with Gasteiger partial charge in [0.1, 0.15) is 0 Å². The van der Waals surface area contributed by atoms with Crippen molar-refractivity contribution in [3.63, 3.8) is 0 Å². The molecule has 2 aliphatic heterocycles. The maximum absolute atomic E-state index is 11.1. The van der Waals surface area contributed by atoms with Gasteiger partial charge >= 0.3 is 0 Å². The first-order valence-corrected chi connectivity index (χ1v) is 17.9. The van der Waals surface area contributed by atoms with Gasteiger partial charge in [0.2, 0.25) is 11.6 Å². The summed E-state index contributed by atoms with van der Waals surface area (Å²) in [5, 5.41) is 0. The Kier molecular flexibility index (Phi) is 11.2. The first-order valence-electron chi connectivity index (χ1n) is 14.5. The fourth-order valence-corrected chi connectivity index (χ4v) is 6.10. The molecule has 0 radical (unpaired) electrons. The molecule has 0 aliphatic carbocycles. The molecule has 7 nitrogen and oxygen atoms in total. The summed E-state index contributed by atoms with van der Waals surface area (Å²) < 4.78 is 52.9. The van der Waals surface area contributed by atoms with Crippen LogP contribution in [-0.4, -0.2) is 52.1 Å². The van der Waals surface area contributed by atoms with Crippen LogP contribution in [0.15, 0.2) is 121 Å². The predicted octanol–water partition coefficient (Wildman–Crippen LogP) is 6.51. The fourth-order valence-electron chi connectivity index (χ4n) is 5.16. The maximum Gasteiger partial charge on any atom is 0.264 e. The van der Waals surface area contributed by atoms with E-state index in [4.69, 9.17) is 23.1 Å². The largest absolute Gasteiger partial charge is 0.342 e. The molecule has 232 valence electrons. The van der Waals surface area contributed by atoms with Crippen molar-refractivity contribution in [3.05, 3.63) is 144 Å². The third-order valence-corrected chi connectivity index (χ3v) is 9.25. The number of ether oxygens (including phenoxy) is 4. The Labute approximate surface area is 273 Å². The van der Waals surface area contributed by atoms with Crippen LogP contribution in [0.1, 0.15) is 22.3 Å². The molecule has 4 aromatic rings. The normalized spacial score (nSPS) is 18.6. The van der Waals surface area contributed by atoms with E-state index in [1.165, 1.54) is 0 Å². The third-order valence-electron chi connectivity index (χ3n) is 7.44. The van der Waals surface area contributed by atoms with Crippen LogP contribution in [0.5, 0.6) is 0 Å². The summed E-state index contributed by atoms with van der Waals surface area (Å²) in [5.74, 6) is -1.41. The van der Waals surface area contributed by atoms with Crippen LogP contribution in [0, 0.1) is 11.8 Å². The predicted molar refractivity (Wildman–Crippen MR) is 178 cm³/mol. The molecule has 0 N–H and O–H groups in total. The smallest absolute Gasteiger partial charge is 0.264 e. The molecular weight excluding hydrogens is 691 g/mol. The van der Waals surface area contributed by atoms with E-state index in [2.05, 4.69) is 46.9 Å². The van der Waals surface area contributed by atoms with Gasteiger partial charge in [-0.3, -0.25) is 4.18 Å². The van der Waals surface area contributed by atoms with Crippen LogP contribution in [0.2, 0.25) is 0 Å². The molecular formula is C35H37IO7S. The van der Waals surface area contributed by atoms with Crippen molar-refractivity contribution in [3.8, 4) is 0 Å². The Hall–Kier alpha value is -2.64. The van der Waals surface area contributed by atoms with Crippen molar-refractivity contribution in [1.82, 2.24) is 0 Å². The molecule has 0 aromatic heterocycles. The molecule has 0 amide bonds. The van der Waals surface area contributed by atoms with Gasteiger partial charge in [-0.25, -0.2) is 0 Å². The van der Waals surface area contributed by atoms with Gasteiger partial charge in [0, 0.05) is 38.5 Å². The zero-order valence-electron chi connectivity index (χ0n) is 24.6. The molecule has 2 saturated heterocycles. The molecule has 0 bridgehead atoms. The van der Waals surface area contributed by atoms with Crippen molar-refractivity contribution in [2.24, 2.45) is 11.8 Å². The summed E-state index contributed by atoms with van der Waals surface area (Å²) in [6.45, 7) is 2.20. The van der Waals surface area contributed by atoms with Crippen molar-refractivity contribution in [2.75, 3.05) is 43.7 Å². The molecule has 2 fully saturated rings. The minimum atomic E-state index is -3.47. The molecule has 9 heteroatoms. The lowest BCUT2D eigenvalue weighted by atomic mass is 9.95. The SMILES string of the molecule is CS(=O)(=O)OCC1COC(c2ccccc2)(c2ccccc2)OC1.ICC1COC(c2ccccc2)(c2ccccc2)OC1. The quantitative estimate of drug-likeness (QED) is 0.116. The summed E-state index contributed by atoms with van der Waals surface area (Å²) in [6, 6.07) is 39.8. The first kappa shape index (κ1) is 32.7. The Morgan fingerprint density at radius 1 is 0.591 bits per heavy atom. The topological polar surface area (TPSA) is 80.3 Å². The van der Waals surface area contributed by atoms with Gasteiger partial charge in [-0.05, 0) is 0 Å². The summed E-state index contributed by atoms with van der Waals surface area (Å²) in [6.07, 6.45) is 1.04. The maximum atomic E-state index is 11.1. The molecule has 2 aliphatic rings. The standard InChI is InChI=1S/C18H20O5S.C17H17IO2/c1-24(19,20)23-14-15-12-21-18(22-13-15,16-8-4-2-5-9-16)17-10-6-3-7-11-17;18-11-14-12-19-17(20-13-14,15-7-3-1-4-8-15)16-9-5-2-6-10-16/h2-11,15H,12-14H2,1H3;1-10,14H,11-13H2. The molecule has 0 spiro atoms. The Morgan fingerprint density at radius 3 is 1.16 bits per heavy atom. The number of hydrogen-bond acceptors (Lipinski definition) is 7. The van der Waals surface area contributed by atoms with Crippen molar-refractivity contribution in [1.29, 1.82) is 0 Å². The molecule has 44 heavy (non-hydrogen) atoms. The third kappa shape index (κ3) is 7.95.